The minimum absolute atomic E-state index is 0.156. The van der Waals surface area contributed by atoms with Crippen LogP contribution in [-0.4, -0.2) is 68.4 Å². The van der Waals surface area contributed by atoms with E-state index in [1.54, 1.807) is 0 Å². The Morgan fingerprint density at radius 3 is 1.09 bits per heavy atom. The first-order valence-corrected chi connectivity index (χ1v) is 10.3. The maximum Gasteiger partial charge on any atom is 0.330 e. The van der Waals surface area contributed by atoms with E-state index < -0.39 is 23.3 Å². The number of aliphatic hydroxyl groups is 3. The minimum atomic E-state index is -0.935. The highest BCUT2D eigenvalue weighted by Gasteiger charge is 2.24. The van der Waals surface area contributed by atoms with Crippen molar-refractivity contribution in [2.45, 2.75) is 34.1 Å². The number of carbonyl (C=O) groups is 3. The zero-order chi connectivity index (χ0) is 28.6. The Hall–Kier alpha value is -3.53. The lowest BCUT2D eigenvalue weighted by Gasteiger charge is -2.24. The molecule has 0 radical (unpaired) electrons. The Bertz CT molecular complexity index is 682. The lowest BCUT2D eigenvalue weighted by atomic mass is 9.88. The zero-order valence-electron chi connectivity index (χ0n) is 21.0. The van der Waals surface area contributed by atoms with E-state index in [2.05, 4.69) is 26.3 Å². The number of hydrogen-bond donors (Lipinski definition) is 6. The van der Waals surface area contributed by atoms with Gasteiger partial charge in [0.05, 0.1) is 19.8 Å². The maximum atomic E-state index is 9.60. The molecule has 0 aliphatic rings. The van der Waals surface area contributed by atoms with Crippen molar-refractivity contribution in [1.29, 1.82) is 0 Å². The third-order valence-corrected chi connectivity index (χ3v) is 3.89. The highest BCUT2D eigenvalue weighted by atomic mass is 16.4. The summed E-state index contributed by atoms with van der Waals surface area (Å²) in [5, 5.41) is 49.6. The molecule has 1 aromatic carbocycles. The molecule has 0 fully saturated rings. The third kappa shape index (κ3) is 26.6. The fourth-order valence-electron chi connectivity index (χ4n) is 1.07. The first-order chi connectivity index (χ1) is 16.1. The number of benzene rings is 1. The highest BCUT2D eigenvalue weighted by Crippen LogP contribution is 2.18. The molecule has 0 unspecified atom stereocenters. The Balaban J connectivity index is -0.000000174. The van der Waals surface area contributed by atoms with Gasteiger partial charge in [-0.25, -0.2) is 14.4 Å². The highest BCUT2D eigenvalue weighted by molar-refractivity contribution is 5.85. The lowest BCUT2D eigenvalue weighted by Crippen LogP contribution is -2.32. The first-order valence-electron chi connectivity index (χ1n) is 10.3. The summed E-state index contributed by atoms with van der Waals surface area (Å²) in [7, 11) is 0. The van der Waals surface area contributed by atoms with Gasteiger partial charge in [0.25, 0.3) is 0 Å². The molecule has 0 saturated heterocycles. The van der Waals surface area contributed by atoms with Crippen molar-refractivity contribution in [1.82, 2.24) is 0 Å². The molecule has 35 heavy (non-hydrogen) atoms. The van der Waals surface area contributed by atoms with Crippen LogP contribution in [0.15, 0.2) is 73.4 Å². The van der Waals surface area contributed by atoms with Crippen LogP contribution in [0, 0.1) is 5.41 Å². The van der Waals surface area contributed by atoms with Gasteiger partial charge in [0, 0.05) is 22.1 Å². The van der Waals surface area contributed by atoms with Gasteiger partial charge < -0.3 is 30.6 Å². The smallest absolute Gasteiger partial charge is 0.330 e. The summed E-state index contributed by atoms with van der Waals surface area (Å²) in [5.74, 6) is -2.81. The van der Waals surface area contributed by atoms with Crippen LogP contribution in [-0.2, 0) is 14.4 Å². The van der Waals surface area contributed by atoms with Crippen molar-refractivity contribution in [2.24, 2.45) is 5.41 Å². The molecule has 9 nitrogen and oxygen atoms in total. The molecule has 0 aliphatic heterocycles. The van der Waals surface area contributed by atoms with E-state index in [0.717, 1.165) is 0 Å². The molecule has 0 aromatic heterocycles. The fourth-order valence-corrected chi connectivity index (χ4v) is 1.07. The zero-order valence-corrected chi connectivity index (χ0v) is 21.0. The van der Waals surface area contributed by atoms with Crippen LogP contribution < -0.4 is 0 Å². The number of aliphatic carboxylic acids is 3. The number of rotatable bonds is 8. The average molecular weight is 497 g/mol. The van der Waals surface area contributed by atoms with E-state index in [1.165, 1.54) is 26.3 Å². The Kier molecular flexibility index (Phi) is 26.1. The summed E-state index contributed by atoms with van der Waals surface area (Å²) < 4.78 is 0. The summed E-state index contributed by atoms with van der Waals surface area (Å²) in [5.41, 5.74) is 1.03. The summed E-state index contributed by atoms with van der Waals surface area (Å²) in [6.45, 7) is 18.8. The van der Waals surface area contributed by atoms with E-state index in [1.807, 2.05) is 43.3 Å². The number of hydrogen-bond acceptors (Lipinski definition) is 6. The largest absolute Gasteiger partial charge is 0.478 e. The van der Waals surface area contributed by atoms with Crippen molar-refractivity contribution in [3.05, 3.63) is 78.9 Å². The topological polar surface area (TPSA) is 173 Å². The molecular formula is C26H40O9. The van der Waals surface area contributed by atoms with E-state index >= 15 is 0 Å². The minimum Gasteiger partial charge on any atom is -0.478 e. The van der Waals surface area contributed by atoms with Crippen LogP contribution in [0.25, 0.3) is 6.08 Å². The molecule has 1 rings (SSSR count). The van der Waals surface area contributed by atoms with Crippen molar-refractivity contribution >= 4 is 24.0 Å². The molecule has 9 heteroatoms. The summed E-state index contributed by atoms with van der Waals surface area (Å²) in [4.78, 5) is 28.8. The second-order valence-corrected chi connectivity index (χ2v) is 7.20. The summed E-state index contributed by atoms with van der Waals surface area (Å²) in [6.07, 6.45) is 2.43. The van der Waals surface area contributed by atoms with Gasteiger partial charge in [-0.1, -0.05) is 69.6 Å². The van der Waals surface area contributed by atoms with E-state index in [0.29, 0.717) is 6.42 Å². The van der Waals surface area contributed by atoms with Gasteiger partial charge in [-0.15, -0.1) is 0 Å². The molecule has 0 spiro atoms. The average Bonchev–Trinajstić information content (AvgIpc) is 2.83. The van der Waals surface area contributed by atoms with Crippen LogP contribution >= 0.6 is 0 Å². The van der Waals surface area contributed by atoms with Gasteiger partial charge in [0.1, 0.15) is 0 Å². The van der Waals surface area contributed by atoms with Crippen LogP contribution in [0.5, 0.6) is 0 Å². The third-order valence-electron chi connectivity index (χ3n) is 3.89. The van der Waals surface area contributed by atoms with Crippen molar-refractivity contribution in [2.75, 3.05) is 19.8 Å². The standard InChI is InChI=1S/C8H8.C6H14O3.3C4H6O2/c1-2-8-6-4-3-5-7-8;1-2-6(3-7,4-8)5-9;3*1-3(2)4(5)6/h2-7H,1H2;7-9H,2-5H2,1H3;3*1H2,2H3,(H,5,6). The molecule has 1 aromatic rings. The van der Waals surface area contributed by atoms with Crippen LogP contribution in [0.3, 0.4) is 0 Å². The van der Waals surface area contributed by atoms with E-state index in [4.69, 9.17) is 30.6 Å². The second kappa shape index (κ2) is 23.6. The Morgan fingerprint density at radius 1 is 0.743 bits per heavy atom. The molecule has 0 amide bonds. The summed E-state index contributed by atoms with van der Waals surface area (Å²) >= 11 is 0. The van der Waals surface area contributed by atoms with Crippen molar-refractivity contribution < 1.29 is 45.0 Å². The summed E-state index contributed by atoms with van der Waals surface area (Å²) in [6, 6.07) is 10.0. The van der Waals surface area contributed by atoms with Crippen LogP contribution in [0.4, 0.5) is 0 Å². The molecule has 0 aliphatic carbocycles. The number of aliphatic hydroxyl groups excluding tert-OH is 3. The lowest BCUT2D eigenvalue weighted by molar-refractivity contribution is -0.133. The number of carboxylic acids is 3. The second-order valence-electron chi connectivity index (χ2n) is 7.20. The van der Waals surface area contributed by atoms with Gasteiger partial charge in [-0.05, 0) is 32.8 Å². The van der Waals surface area contributed by atoms with Gasteiger partial charge in [0.2, 0.25) is 0 Å². The van der Waals surface area contributed by atoms with Gasteiger partial charge in [-0.3, -0.25) is 0 Å². The quantitative estimate of drug-likeness (QED) is 0.294. The predicted molar refractivity (Wildman–Crippen MR) is 138 cm³/mol. The first kappa shape index (κ1) is 38.7. The molecule has 6 N–H and O–H groups in total. The maximum absolute atomic E-state index is 9.60. The molecule has 198 valence electrons. The van der Waals surface area contributed by atoms with Crippen LogP contribution in [0.2, 0.25) is 0 Å². The Morgan fingerprint density at radius 2 is 1.00 bits per heavy atom. The normalized spacial score (nSPS) is 8.89. The van der Waals surface area contributed by atoms with Gasteiger partial charge >= 0.3 is 17.9 Å². The van der Waals surface area contributed by atoms with Crippen molar-refractivity contribution in [3.63, 3.8) is 0 Å². The van der Waals surface area contributed by atoms with Crippen molar-refractivity contribution in [3.8, 4) is 0 Å². The molecule has 0 heterocycles. The molecule has 0 bridgehead atoms. The van der Waals surface area contributed by atoms with E-state index in [-0.39, 0.29) is 36.5 Å². The van der Waals surface area contributed by atoms with Crippen LogP contribution in [0.1, 0.15) is 39.7 Å². The van der Waals surface area contributed by atoms with Gasteiger partial charge in [-0.2, -0.15) is 0 Å². The molecule has 0 saturated carbocycles. The monoisotopic (exact) mass is 496 g/mol. The molecular weight excluding hydrogens is 456 g/mol. The fraction of sp³-hybridized carbons (Fsp3) is 0.346. The van der Waals surface area contributed by atoms with Gasteiger partial charge in [0.15, 0.2) is 0 Å². The predicted octanol–water partition coefficient (Wildman–Crippen LogP) is 3.63. The SMILES string of the molecule is C=C(C)C(=O)O.C=C(C)C(=O)O.C=C(C)C(=O)O.C=Cc1ccccc1.CCC(CO)(CO)CO. The number of carboxylic acid groups (broad SMARTS) is 3. The molecule has 0 atom stereocenters. The van der Waals surface area contributed by atoms with E-state index in [9.17, 15) is 14.4 Å². The Labute approximate surface area is 207 Å².